The Hall–Kier alpha value is -1.58. The fourth-order valence-corrected chi connectivity index (χ4v) is 2.29. The molecule has 2 rings (SSSR count). The predicted molar refractivity (Wildman–Crippen MR) is 86.0 cm³/mol. The highest BCUT2D eigenvalue weighted by Gasteiger charge is 2.45. The summed E-state index contributed by atoms with van der Waals surface area (Å²) in [5.41, 5.74) is -1.67. The molecule has 0 spiro atoms. The van der Waals surface area contributed by atoms with Gasteiger partial charge in [-0.25, -0.2) is 18.2 Å². The van der Waals surface area contributed by atoms with E-state index < -0.39 is 42.8 Å². The van der Waals surface area contributed by atoms with Crippen molar-refractivity contribution < 1.29 is 27.8 Å². The third kappa shape index (κ3) is 4.96. The van der Waals surface area contributed by atoms with Gasteiger partial charge in [0, 0.05) is 6.20 Å². The van der Waals surface area contributed by atoms with E-state index in [-0.39, 0.29) is 23.0 Å². The highest BCUT2D eigenvalue weighted by atomic mass is 35.5. The van der Waals surface area contributed by atoms with E-state index in [1.165, 1.54) is 19.9 Å². The molecule has 2 atom stereocenters. The van der Waals surface area contributed by atoms with E-state index in [1.54, 1.807) is 0 Å². The first-order valence-corrected chi connectivity index (χ1v) is 7.91. The van der Waals surface area contributed by atoms with E-state index in [1.807, 2.05) is 0 Å². The Morgan fingerprint density at radius 3 is 2.84 bits per heavy atom. The quantitative estimate of drug-likeness (QED) is 0.657. The molecule has 1 saturated heterocycles. The van der Waals surface area contributed by atoms with Crippen LogP contribution >= 0.6 is 11.6 Å². The molecule has 1 aliphatic rings. The van der Waals surface area contributed by atoms with Crippen molar-refractivity contribution >= 4 is 23.2 Å². The molecule has 2 heterocycles. The van der Waals surface area contributed by atoms with Crippen LogP contribution in [0.1, 0.15) is 24.2 Å². The van der Waals surface area contributed by atoms with E-state index in [0.29, 0.717) is 0 Å². The van der Waals surface area contributed by atoms with Gasteiger partial charge in [-0.05, 0) is 19.9 Å². The molecule has 0 radical (unpaired) electrons. The summed E-state index contributed by atoms with van der Waals surface area (Å²) < 4.78 is 45.9. The largest absolute Gasteiger partial charge is 0.387 e. The van der Waals surface area contributed by atoms with Crippen molar-refractivity contribution in [2.75, 3.05) is 25.1 Å². The number of carbonyl (C=O) groups excluding carboxylic acids is 1. The van der Waals surface area contributed by atoms with Crippen LogP contribution in [0.2, 0.25) is 5.15 Å². The van der Waals surface area contributed by atoms with Crippen LogP contribution in [-0.2, 0) is 4.74 Å². The average molecular weight is 382 g/mol. The van der Waals surface area contributed by atoms with Crippen LogP contribution in [0.4, 0.5) is 18.9 Å². The number of ether oxygens (including phenoxy) is 1. The normalized spacial score (nSPS) is 21.0. The second kappa shape index (κ2) is 7.35. The van der Waals surface area contributed by atoms with Gasteiger partial charge in [0.05, 0.1) is 30.0 Å². The Balaban J connectivity index is 2.14. The number of aliphatic hydroxyl groups is 1. The number of anilines is 1. The number of hydrogen-bond acceptors (Lipinski definition) is 5. The summed E-state index contributed by atoms with van der Waals surface area (Å²) in [6.45, 7) is 1.12. The van der Waals surface area contributed by atoms with Gasteiger partial charge in [0.2, 0.25) is 0 Å². The zero-order valence-corrected chi connectivity index (χ0v) is 14.4. The molecule has 1 amide bonds. The molecule has 0 aromatic carbocycles. The third-order valence-corrected chi connectivity index (χ3v) is 3.95. The van der Waals surface area contributed by atoms with Crippen molar-refractivity contribution in [2.45, 2.75) is 37.6 Å². The smallest absolute Gasteiger partial charge is 0.292 e. The third-order valence-electron chi connectivity index (χ3n) is 3.74. The predicted octanol–water partition coefficient (Wildman–Crippen LogP) is 2.02. The van der Waals surface area contributed by atoms with Crippen LogP contribution < -0.4 is 10.6 Å². The lowest BCUT2D eigenvalue weighted by Crippen LogP contribution is -2.42. The Bertz CT molecular complexity index is 640. The number of nitrogens with zero attached hydrogens (tertiary/aromatic N) is 1. The second-order valence-corrected chi connectivity index (χ2v) is 6.74. The zero-order chi connectivity index (χ0) is 18.8. The standard InChI is InChI=1S/C15H19ClF3N3O3/c1-14(2,24)10(17)5-21-13(23)8-4-20-12(16)3-9(8)22-11-6-25-7-15(11,18)19/h3-4,10-11,24H,5-7H2,1-2H3,(H,20,22)(H,21,23)/t10-,11?/m1/s1. The maximum atomic E-state index is 13.7. The minimum Gasteiger partial charge on any atom is -0.387 e. The molecule has 0 saturated carbocycles. The van der Waals surface area contributed by atoms with E-state index in [2.05, 4.69) is 15.6 Å². The van der Waals surface area contributed by atoms with Crippen molar-refractivity contribution in [3.05, 3.63) is 23.0 Å². The van der Waals surface area contributed by atoms with E-state index in [9.17, 15) is 23.1 Å². The fraction of sp³-hybridized carbons (Fsp3) is 0.600. The van der Waals surface area contributed by atoms with E-state index in [0.717, 1.165) is 6.20 Å². The maximum Gasteiger partial charge on any atom is 0.292 e. The van der Waals surface area contributed by atoms with Crippen molar-refractivity contribution in [3.63, 3.8) is 0 Å². The average Bonchev–Trinajstić information content (AvgIpc) is 2.82. The molecule has 10 heteroatoms. The van der Waals surface area contributed by atoms with Crippen LogP contribution in [-0.4, -0.2) is 59.5 Å². The number of pyridine rings is 1. The lowest BCUT2D eigenvalue weighted by molar-refractivity contribution is -0.0132. The molecular weight excluding hydrogens is 363 g/mol. The van der Waals surface area contributed by atoms with Gasteiger partial charge in [0.15, 0.2) is 0 Å². The summed E-state index contributed by atoms with van der Waals surface area (Å²) in [5.74, 6) is -3.84. The molecule has 0 bridgehead atoms. The Morgan fingerprint density at radius 2 is 2.28 bits per heavy atom. The van der Waals surface area contributed by atoms with Crippen LogP contribution in [0.25, 0.3) is 0 Å². The molecule has 3 N–H and O–H groups in total. The molecule has 25 heavy (non-hydrogen) atoms. The first-order chi connectivity index (χ1) is 11.5. The van der Waals surface area contributed by atoms with Gasteiger partial charge >= 0.3 is 0 Å². The highest BCUT2D eigenvalue weighted by Crippen LogP contribution is 2.30. The molecule has 140 valence electrons. The number of nitrogens with one attached hydrogen (secondary N) is 2. The fourth-order valence-electron chi connectivity index (χ4n) is 2.13. The van der Waals surface area contributed by atoms with Gasteiger partial charge in [-0.15, -0.1) is 0 Å². The van der Waals surface area contributed by atoms with Gasteiger partial charge in [-0.2, -0.15) is 0 Å². The minimum atomic E-state index is -3.10. The molecule has 1 aliphatic heterocycles. The zero-order valence-electron chi connectivity index (χ0n) is 13.7. The van der Waals surface area contributed by atoms with Gasteiger partial charge in [-0.1, -0.05) is 11.6 Å². The molecule has 1 fully saturated rings. The van der Waals surface area contributed by atoms with Gasteiger partial charge in [0.1, 0.15) is 24.0 Å². The lowest BCUT2D eigenvalue weighted by Gasteiger charge is -2.23. The molecular formula is C15H19ClF3N3O3. The topological polar surface area (TPSA) is 83.5 Å². The van der Waals surface area contributed by atoms with Gasteiger partial charge < -0.3 is 20.5 Å². The SMILES string of the molecule is CC(C)(O)[C@H](F)CNC(=O)c1cnc(Cl)cc1NC1COCC1(F)F. The first-order valence-electron chi connectivity index (χ1n) is 7.53. The maximum absolute atomic E-state index is 13.7. The molecule has 0 aliphatic carbocycles. The van der Waals surface area contributed by atoms with Crippen molar-refractivity contribution in [3.8, 4) is 0 Å². The second-order valence-electron chi connectivity index (χ2n) is 6.36. The summed E-state index contributed by atoms with van der Waals surface area (Å²) >= 11 is 5.77. The molecule has 6 nitrogen and oxygen atoms in total. The van der Waals surface area contributed by atoms with Crippen molar-refractivity contribution in [1.29, 1.82) is 0 Å². The Kier molecular flexibility index (Phi) is 5.80. The van der Waals surface area contributed by atoms with Crippen molar-refractivity contribution in [1.82, 2.24) is 10.3 Å². The summed E-state index contributed by atoms with van der Waals surface area (Å²) in [6.07, 6.45) is -0.605. The summed E-state index contributed by atoms with van der Waals surface area (Å²) in [6, 6.07) is -0.101. The van der Waals surface area contributed by atoms with Crippen LogP contribution in [0.15, 0.2) is 12.3 Å². The highest BCUT2D eigenvalue weighted by molar-refractivity contribution is 6.29. The number of alkyl halides is 3. The van der Waals surface area contributed by atoms with Crippen LogP contribution in [0.5, 0.6) is 0 Å². The Morgan fingerprint density at radius 1 is 1.60 bits per heavy atom. The minimum absolute atomic E-state index is 0.00106. The molecule has 1 unspecified atom stereocenters. The molecule has 1 aromatic heterocycles. The number of hydrogen-bond donors (Lipinski definition) is 3. The van der Waals surface area contributed by atoms with Crippen LogP contribution in [0, 0.1) is 0 Å². The number of rotatable bonds is 6. The summed E-state index contributed by atoms with van der Waals surface area (Å²) in [4.78, 5) is 16.0. The first kappa shape index (κ1) is 19.7. The van der Waals surface area contributed by atoms with Gasteiger partial charge in [-0.3, -0.25) is 4.79 Å². The number of carbonyl (C=O) groups is 1. The Labute approximate surface area is 147 Å². The number of aromatic nitrogens is 1. The number of halogens is 4. The van der Waals surface area contributed by atoms with Gasteiger partial charge in [0.25, 0.3) is 11.8 Å². The van der Waals surface area contributed by atoms with Crippen LogP contribution in [0.3, 0.4) is 0 Å². The summed E-state index contributed by atoms with van der Waals surface area (Å²) in [7, 11) is 0. The number of amides is 1. The van der Waals surface area contributed by atoms with E-state index >= 15 is 0 Å². The monoisotopic (exact) mass is 381 g/mol. The van der Waals surface area contributed by atoms with Crippen molar-refractivity contribution in [2.24, 2.45) is 0 Å². The summed E-state index contributed by atoms with van der Waals surface area (Å²) in [5, 5.41) is 14.4. The lowest BCUT2D eigenvalue weighted by atomic mass is 10.0. The van der Waals surface area contributed by atoms with E-state index in [4.69, 9.17) is 16.3 Å². The molecule has 1 aromatic rings.